The molecule has 0 radical (unpaired) electrons. The highest BCUT2D eigenvalue weighted by atomic mass is 35.5. The predicted octanol–water partition coefficient (Wildman–Crippen LogP) is 4.82. The lowest BCUT2D eigenvalue weighted by Gasteiger charge is -2.29. The number of hydrogen-bond donors (Lipinski definition) is 0. The topological polar surface area (TPSA) is 57.7 Å². The highest BCUT2D eigenvalue weighted by molar-refractivity contribution is 7.92. The number of carbonyl (C=O) groups is 1. The van der Waals surface area contributed by atoms with E-state index in [0.29, 0.717) is 16.3 Å². The number of benzene rings is 3. The van der Waals surface area contributed by atoms with Crippen molar-refractivity contribution in [3.05, 3.63) is 88.9 Å². The molecule has 1 amide bonds. The first-order chi connectivity index (χ1) is 14.8. The highest BCUT2D eigenvalue weighted by Gasteiger charge is 2.35. The number of anilines is 2. The van der Waals surface area contributed by atoms with Gasteiger partial charge in [0.1, 0.15) is 6.54 Å². The monoisotopic (exact) mass is 454 g/mol. The van der Waals surface area contributed by atoms with Crippen LogP contribution in [0.15, 0.2) is 77.7 Å². The van der Waals surface area contributed by atoms with E-state index in [9.17, 15) is 13.2 Å². The van der Waals surface area contributed by atoms with Crippen molar-refractivity contribution in [3.8, 4) is 0 Å². The molecular formula is C24H23ClN2O3S. The van der Waals surface area contributed by atoms with Crippen LogP contribution in [0.4, 0.5) is 11.4 Å². The normalized spacial score (nSPS) is 15.6. The van der Waals surface area contributed by atoms with Crippen LogP contribution in [0.2, 0.25) is 5.02 Å². The molecule has 1 unspecified atom stereocenters. The molecule has 0 saturated heterocycles. The second-order valence-corrected chi connectivity index (χ2v) is 10.00. The SMILES string of the molecule is Cc1ccc(Cl)cc1N(CC(=O)N1c2ccccc2CC1C)S(=O)(=O)c1ccccc1. The number of carbonyl (C=O) groups excluding carboxylic acids is 1. The molecule has 1 atom stereocenters. The molecule has 0 spiro atoms. The maximum absolute atomic E-state index is 13.6. The molecule has 0 aromatic heterocycles. The van der Waals surface area contributed by atoms with Gasteiger partial charge in [0.05, 0.1) is 10.6 Å². The van der Waals surface area contributed by atoms with Gasteiger partial charge in [-0.25, -0.2) is 8.42 Å². The number of fused-ring (bicyclic) bond motifs is 1. The lowest BCUT2D eigenvalue weighted by Crippen LogP contribution is -2.45. The molecule has 7 heteroatoms. The van der Waals surface area contributed by atoms with E-state index in [1.54, 1.807) is 48.2 Å². The fourth-order valence-corrected chi connectivity index (χ4v) is 5.67. The molecule has 1 aliphatic rings. The van der Waals surface area contributed by atoms with E-state index in [4.69, 9.17) is 11.6 Å². The third-order valence-corrected chi connectivity index (χ3v) is 7.53. The summed E-state index contributed by atoms with van der Waals surface area (Å²) in [6.07, 6.45) is 0.740. The quantitative estimate of drug-likeness (QED) is 0.555. The van der Waals surface area contributed by atoms with Gasteiger partial charge >= 0.3 is 0 Å². The first-order valence-corrected chi connectivity index (χ1v) is 11.8. The van der Waals surface area contributed by atoms with Gasteiger partial charge in [0.25, 0.3) is 10.0 Å². The maximum Gasteiger partial charge on any atom is 0.264 e. The number of aryl methyl sites for hydroxylation is 1. The molecule has 0 aliphatic carbocycles. The summed E-state index contributed by atoms with van der Waals surface area (Å²) in [6.45, 7) is 3.45. The first-order valence-electron chi connectivity index (χ1n) is 10.0. The van der Waals surface area contributed by atoms with Crippen molar-refractivity contribution in [1.82, 2.24) is 0 Å². The van der Waals surface area contributed by atoms with Crippen molar-refractivity contribution in [2.75, 3.05) is 15.7 Å². The summed E-state index contributed by atoms with van der Waals surface area (Å²) in [5, 5.41) is 0.404. The van der Waals surface area contributed by atoms with E-state index in [2.05, 4.69) is 0 Å². The number of rotatable bonds is 5. The predicted molar refractivity (Wildman–Crippen MR) is 124 cm³/mol. The Morgan fingerprint density at radius 1 is 1.06 bits per heavy atom. The van der Waals surface area contributed by atoms with Gasteiger partial charge in [-0.3, -0.25) is 9.10 Å². The Kier molecular flexibility index (Phi) is 5.77. The van der Waals surface area contributed by atoms with Crippen LogP contribution >= 0.6 is 11.6 Å². The Hall–Kier alpha value is -2.83. The van der Waals surface area contributed by atoms with Gasteiger partial charge in [-0.1, -0.05) is 54.1 Å². The van der Waals surface area contributed by atoms with Crippen molar-refractivity contribution < 1.29 is 13.2 Å². The zero-order valence-corrected chi connectivity index (χ0v) is 18.9. The molecule has 0 fully saturated rings. The lowest BCUT2D eigenvalue weighted by atomic mass is 10.1. The average molecular weight is 455 g/mol. The third-order valence-electron chi connectivity index (χ3n) is 5.53. The van der Waals surface area contributed by atoms with E-state index >= 15 is 0 Å². The molecule has 31 heavy (non-hydrogen) atoms. The standard InChI is InChI=1S/C24H23ClN2O3S/c1-17-12-13-20(25)15-23(17)26(31(29,30)21-9-4-3-5-10-21)16-24(28)27-18(2)14-19-8-6-7-11-22(19)27/h3-13,15,18H,14,16H2,1-2H3. The van der Waals surface area contributed by atoms with E-state index in [1.165, 1.54) is 16.4 Å². The Morgan fingerprint density at radius 3 is 2.48 bits per heavy atom. The van der Waals surface area contributed by atoms with E-state index in [-0.39, 0.29) is 23.4 Å². The van der Waals surface area contributed by atoms with Gasteiger partial charge in [0, 0.05) is 16.8 Å². The van der Waals surface area contributed by atoms with Gasteiger partial charge in [0.15, 0.2) is 0 Å². The zero-order chi connectivity index (χ0) is 22.2. The summed E-state index contributed by atoms with van der Waals surface area (Å²) in [6, 6.07) is 20.9. The van der Waals surface area contributed by atoms with Crippen LogP contribution in [0, 0.1) is 6.92 Å². The second kappa shape index (κ2) is 8.36. The lowest BCUT2D eigenvalue weighted by molar-refractivity contribution is -0.117. The third kappa shape index (κ3) is 4.05. The molecule has 5 nitrogen and oxygen atoms in total. The fourth-order valence-electron chi connectivity index (χ4n) is 4.02. The summed E-state index contributed by atoms with van der Waals surface area (Å²) in [5.41, 5.74) is 3.02. The van der Waals surface area contributed by atoms with Crippen molar-refractivity contribution in [2.45, 2.75) is 31.2 Å². The van der Waals surface area contributed by atoms with Crippen LogP contribution in [0.3, 0.4) is 0 Å². The van der Waals surface area contributed by atoms with E-state index in [1.807, 2.05) is 31.2 Å². The number of halogens is 1. The molecule has 160 valence electrons. The van der Waals surface area contributed by atoms with Gasteiger partial charge in [-0.05, 0) is 61.7 Å². The van der Waals surface area contributed by atoms with Crippen molar-refractivity contribution >= 4 is 38.9 Å². The van der Waals surface area contributed by atoms with Crippen LogP contribution < -0.4 is 9.21 Å². The van der Waals surface area contributed by atoms with Gasteiger partial charge < -0.3 is 4.90 Å². The van der Waals surface area contributed by atoms with Crippen LogP contribution in [0.25, 0.3) is 0 Å². The molecule has 4 rings (SSSR count). The maximum atomic E-state index is 13.6. The highest BCUT2D eigenvalue weighted by Crippen LogP contribution is 2.34. The number of hydrogen-bond acceptors (Lipinski definition) is 3. The minimum Gasteiger partial charge on any atom is -0.307 e. The van der Waals surface area contributed by atoms with Crippen molar-refractivity contribution in [3.63, 3.8) is 0 Å². The summed E-state index contributed by atoms with van der Waals surface area (Å²) < 4.78 is 28.3. The molecule has 0 saturated carbocycles. The summed E-state index contributed by atoms with van der Waals surface area (Å²) >= 11 is 6.19. The van der Waals surface area contributed by atoms with E-state index < -0.39 is 10.0 Å². The largest absolute Gasteiger partial charge is 0.307 e. The molecule has 1 aliphatic heterocycles. The number of nitrogens with zero attached hydrogens (tertiary/aromatic N) is 2. The smallest absolute Gasteiger partial charge is 0.264 e. The summed E-state index contributed by atoms with van der Waals surface area (Å²) in [7, 11) is -3.99. The Balaban J connectivity index is 1.77. The molecule has 3 aromatic carbocycles. The number of para-hydroxylation sites is 1. The Morgan fingerprint density at radius 2 is 1.74 bits per heavy atom. The number of amides is 1. The minimum absolute atomic E-state index is 0.0494. The minimum atomic E-state index is -3.99. The van der Waals surface area contributed by atoms with Crippen LogP contribution in [0.1, 0.15) is 18.1 Å². The molecule has 0 bridgehead atoms. The number of sulfonamides is 1. The van der Waals surface area contributed by atoms with Crippen LogP contribution in [-0.4, -0.2) is 26.9 Å². The molecular weight excluding hydrogens is 432 g/mol. The Labute approximate surface area is 187 Å². The average Bonchev–Trinajstić information content (AvgIpc) is 3.10. The van der Waals surface area contributed by atoms with Crippen molar-refractivity contribution in [1.29, 1.82) is 0 Å². The zero-order valence-electron chi connectivity index (χ0n) is 17.3. The van der Waals surface area contributed by atoms with Gasteiger partial charge in [-0.2, -0.15) is 0 Å². The van der Waals surface area contributed by atoms with Crippen LogP contribution in [0.5, 0.6) is 0 Å². The molecule has 0 N–H and O–H groups in total. The van der Waals surface area contributed by atoms with Gasteiger partial charge in [0.2, 0.25) is 5.91 Å². The first kappa shape index (κ1) is 21.4. The Bertz CT molecular complexity index is 1230. The fraction of sp³-hybridized carbons (Fsp3) is 0.208. The van der Waals surface area contributed by atoms with E-state index in [0.717, 1.165) is 17.7 Å². The molecule has 3 aromatic rings. The molecule has 1 heterocycles. The van der Waals surface area contributed by atoms with Crippen molar-refractivity contribution in [2.24, 2.45) is 0 Å². The summed E-state index contributed by atoms with van der Waals surface area (Å²) in [5.74, 6) is -0.281. The second-order valence-electron chi connectivity index (χ2n) is 7.70. The summed E-state index contributed by atoms with van der Waals surface area (Å²) in [4.78, 5) is 15.3. The van der Waals surface area contributed by atoms with Gasteiger partial charge in [-0.15, -0.1) is 0 Å². The van der Waals surface area contributed by atoms with Crippen LogP contribution in [-0.2, 0) is 21.2 Å².